The fraction of sp³-hybridized carbons (Fsp3) is 0.765. The number of piperidine rings is 1. The minimum absolute atomic E-state index is 0.599. The molecule has 1 fully saturated rings. The molecule has 2 aliphatic heterocycles. The van der Waals surface area contributed by atoms with Crippen LogP contribution in [-0.2, 0) is 13.0 Å². The highest BCUT2D eigenvalue weighted by molar-refractivity contribution is 5.10. The average Bonchev–Trinajstić information content (AvgIpc) is 3.11. The normalized spacial score (nSPS) is 26.7. The van der Waals surface area contributed by atoms with Crippen LogP contribution in [0.1, 0.15) is 62.5 Å². The summed E-state index contributed by atoms with van der Waals surface area (Å²) in [5.41, 5.74) is 1.67. The molecule has 3 aliphatic rings. The van der Waals surface area contributed by atoms with E-state index in [0.717, 1.165) is 13.0 Å². The van der Waals surface area contributed by atoms with E-state index in [1.54, 1.807) is 5.57 Å². The summed E-state index contributed by atoms with van der Waals surface area (Å²) >= 11 is 0. The van der Waals surface area contributed by atoms with Crippen molar-refractivity contribution in [2.45, 2.75) is 63.8 Å². The number of fused-ring (bicyclic) bond motifs is 1. The number of hydrogen-bond donors (Lipinski definition) is 0. The maximum atomic E-state index is 4.51. The molecule has 1 unspecified atom stereocenters. The van der Waals surface area contributed by atoms with Crippen LogP contribution < -0.4 is 0 Å². The number of hydrogen-bond acceptors (Lipinski definition) is 3. The molecule has 3 heterocycles. The first-order valence-electron chi connectivity index (χ1n) is 8.72. The lowest BCUT2D eigenvalue weighted by Gasteiger charge is -2.33. The van der Waals surface area contributed by atoms with Gasteiger partial charge in [0.05, 0.1) is 0 Å². The standard InChI is InChI=1S/C17H26N4/c1-2-6-14(7-3-1)12-20-10-4-8-15(13-20)17-19-18-16-9-5-11-21(16)17/h6,15H,1-5,7-13H2. The molecule has 0 radical (unpaired) electrons. The number of likely N-dealkylation sites (tertiary alicyclic amines) is 1. The van der Waals surface area contributed by atoms with E-state index in [9.17, 15) is 0 Å². The lowest BCUT2D eigenvalue weighted by atomic mass is 9.94. The van der Waals surface area contributed by atoms with Crippen LogP contribution >= 0.6 is 0 Å². The van der Waals surface area contributed by atoms with Gasteiger partial charge in [-0.2, -0.15) is 0 Å². The Balaban J connectivity index is 1.44. The Labute approximate surface area is 127 Å². The first kappa shape index (κ1) is 13.5. The Morgan fingerprint density at radius 2 is 2.05 bits per heavy atom. The fourth-order valence-corrected chi connectivity index (χ4v) is 4.22. The Morgan fingerprint density at radius 3 is 2.95 bits per heavy atom. The molecular weight excluding hydrogens is 260 g/mol. The van der Waals surface area contributed by atoms with Crippen LogP contribution in [0.25, 0.3) is 0 Å². The van der Waals surface area contributed by atoms with Crippen molar-refractivity contribution in [3.8, 4) is 0 Å². The van der Waals surface area contributed by atoms with Crippen LogP contribution in [0.5, 0.6) is 0 Å². The van der Waals surface area contributed by atoms with Crippen molar-refractivity contribution in [3.05, 3.63) is 23.3 Å². The molecule has 0 aromatic carbocycles. The zero-order valence-electron chi connectivity index (χ0n) is 12.9. The quantitative estimate of drug-likeness (QED) is 0.801. The first-order chi connectivity index (χ1) is 10.4. The second-order valence-corrected chi connectivity index (χ2v) is 6.91. The molecule has 0 bridgehead atoms. The van der Waals surface area contributed by atoms with Gasteiger partial charge in [-0.1, -0.05) is 11.6 Å². The van der Waals surface area contributed by atoms with E-state index in [-0.39, 0.29) is 0 Å². The highest BCUT2D eigenvalue weighted by atomic mass is 15.3. The molecule has 0 spiro atoms. The summed E-state index contributed by atoms with van der Waals surface area (Å²) in [4.78, 5) is 2.65. The van der Waals surface area contributed by atoms with Crippen molar-refractivity contribution >= 4 is 0 Å². The average molecular weight is 286 g/mol. The smallest absolute Gasteiger partial charge is 0.137 e. The summed E-state index contributed by atoms with van der Waals surface area (Å²) in [5.74, 6) is 3.09. The van der Waals surface area contributed by atoms with Gasteiger partial charge < -0.3 is 4.57 Å². The monoisotopic (exact) mass is 286 g/mol. The summed E-state index contributed by atoms with van der Waals surface area (Å²) in [6.45, 7) is 4.77. The molecular formula is C17H26N4. The van der Waals surface area contributed by atoms with Crippen molar-refractivity contribution in [2.75, 3.05) is 19.6 Å². The Morgan fingerprint density at radius 1 is 1.05 bits per heavy atom. The predicted octanol–water partition coefficient (Wildman–Crippen LogP) is 2.90. The lowest BCUT2D eigenvalue weighted by Crippen LogP contribution is -2.36. The maximum absolute atomic E-state index is 4.51. The second kappa shape index (κ2) is 5.91. The van der Waals surface area contributed by atoms with Crippen LogP contribution in [0.2, 0.25) is 0 Å². The molecule has 0 amide bonds. The summed E-state index contributed by atoms with van der Waals surface area (Å²) in [6, 6.07) is 0. The molecule has 21 heavy (non-hydrogen) atoms. The van der Waals surface area contributed by atoms with Gasteiger partial charge in [-0.3, -0.25) is 4.90 Å². The molecule has 1 aromatic rings. The fourth-order valence-electron chi connectivity index (χ4n) is 4.22. The largest absolute Gasteiger partial charge is 0.315 e. The van der Waals surface area contributed by atoms with E-state index < -0.39 is 0 Å². The zero-order valence-corrected chi connectivity index (χ0v) is 12.9. The van der Waals surface area contributed by atoms with E-state index in [1.165, 1.54) is 76.2 Å². The predicted molar refractivity (Wildman–Crippen MR) is 83.3 cm³/mol. The van der Waals surface area contributed by atoms with Gasteiger partial charge in [-0.05, 0) is 51.5 Å². The third-order valence-electron chi connectivity index (χ3n) is 5.32. The summed E-state index contributed by atoms with van der Waals surface area (Å²) < 4.78 is 2.40. The topological polar surface area (TPSA) is 34.0 Å². The summed E-state index contributed by atoms with van der Waals surface area (Å²) in [6.07, 6.45) is 12.8. The minimum Gasteiger partial charge on any atom is -0.315 e. The van der Waals surface area contributed by atoms with Gasteiger partial charge >= 0.3 is 0 Å². The van der Waals surface area contributed by atoms with Crippen molar-refractivity contribution in [2.24, 2.45) is 0 Å². The zero-order chi connectivity index (χ0) is 14.1. The Hall–Kier alpha value is -1.16. The summed E-state index contributed by atoms with van der Waals surface area (Å²) in [5, 5.41) is 8.91. The second-order valence-electron chi connectivity index (χ2n) is 6.91. The molecule has 0 saturated carbocycles. The minimum atomic E-state index is 0.599. The molecule has 0 N–H and O–H groups in total. The van der Waals surface area contributed by atoms with Gasteiger partial charge in [0.2, 0.25) is 0 Å². The highest BCUT2D eigenvalue weighted by Crippen LogP contribution is 2.29. The van der Waals surface area contributed by atoms with E-state index in [2.05, 4.69) is 25.7 Å². The van der Waals surface area contributed by atoms with Gasteiger partial charge in [-0.15, -0.1) is 10.2 Å². The van der Waals surface area contributed by atoms with Gasteiger partial charge in [0, 0.05) is 32.0 Å². The number of aryl methyl sites for hydroxylation is 1. The highest BCUT2D eigenvalue weighted by Gasteiger charge is 2.28. The Kier molecular flexibility index (Phi) is 3.80. The van der Waals surface area contributed by atoms with Crippen molar-refractivity contribution in [3.63, 3.8) is 0 Å². The van der Waals surface area contributed by atoms with Gasteiger partial charge in [0.25, 0.3) is 0 Å². The van der Waals surface area contributed by atoms with E-state index >= 15 is 0 Å². The number of aromatic nitrogens is 3. The Bertz CT molecular complexity index is 531. The molecule has 1 saturated heterocycles. The van der Waals surface area contributed by atoms with Crippen LogP contribution in [0, 0.1) is 0 Å². The number of allylic oxidation sites excluding steroid dienone is 1. The molecule has 4 rings (SSSR count). The van der Waals surface area contributed by atoms with Crippen molar-refractivity contribution in [1.82, 2.24) is 19.7 Å². The molecule has 1 atom stereocenters. The molecule has 4 heteroatoms. The SMILES string of the molecule is C1=C(CN2CCCC(c3nnc4n3CCC4)C2)CCCC1. The van der Waals surface area contributed by atoms with E-state index in [1.807, 2.05) is 0 Å². The van der Waals surface area contributed by atoms with Gasteiger partial charge in [-0.25, -0.2) is 0 Å². The molecule has 114 valence electrons. The van der Waals surface area contributed by atoms with Crippen LogP contribution in [0.3, 0.4) is 0 Å². The lowest BCUT2D eigenvalue weighted by molar-refractivity contribution is 0.214. The van der Waals surface area contributed by atoms with Gasteiger partial charge in [0.1, 0.15) is 11.6 Å². The van der Waals surface area contributed by atoms with E-state index in [0.29, 0.717) is 5.92 Å². The van der Waals surface area contributed by atoms with Crippen LogP contribution in [0.15, 0.2) is 11.6 Å². The van der Waals surface area contributed by atoms with Gasteiger partial charge in [0.15, 0.2) is 0 Å². The number of rotatable bonds is 3. The van der Waals surface area contributed by atoms with Crippen molar-refractivity contribution < 1.29 is 0 Å². The third kappa shape index (κ3) is 2.78. The third-order valence-corrected chi connectivity index (χ3v) is 5.32. The first-order valence-corrected chi connectivity index (χ1v) is 8.72. The van der Waals surface area contributed by atoms with Crippen LogP contribution in [0.4, 0.5) is 0 Å². The molecule has 4 nitrogen and oxygen atoms in total. The van der Waals surface area contributed by atoms with E-state index in [4.69, 9.17) is 0 Å². The maximum Gasteiger partial charge on any atom is 0.137 e. The van der Waals surface area contributed by atoms with Crippen LogP contribution in [-0.4, -0.2) is 39.3 Å². The molecule has 1 aromatic heterocycles. The molecule has 1 aliphatic carbocycles. The van der Waals surface area contributed by atoms with Crippen molar-refractivity contribution in [1.29, 1.82) is 0 Å². The summed E-state index contributed by atoms with van der Waals surface area (Å²) in [7, 11) is 0. The number of nitrogens with zero attached hydrogens (tertiary/aromatic N) is 4.